The number of aromatic nitrogens is 3. The molecule has 0 radical (unpaired) electrons. The van der Waals surface area contributed by atoms with E-state index in [1.807, 2.05) is 0 Å². The number of halogens is 3. The van der Waals surface area contributed by atoms with E-state index in [1.54, 1.807) is 6.08 Å². The van der Waals surface area contributed by atoms with E-state index in [-0.39, 0.29) is 5.95 Å². The molecule has 0 bridgehead atoms. The molecule has 1 aromatic rings. The van der Waals surface area contributed by atoms with E-state index in [0.29, 0.717) is 6.54 Å². The van der Waals surface area contributed by atoms with Gasteiger partial charge in [-0.1, -0.05) is 0 Å². The molecule has 1 N–H and O–H groups in total. The van der Waals surface area contributed by atoms with Crippen LogP contribution in [-0.4, -0.2) is 21.3 Å². The third-order valence-electron chi connectivity index (χ3n) is 1.51. The van der Waals surface area contributed by atoms with Gasteiger partial charge in [0.25, 0.3) is 5.82 Å². The molecule has 0 aromatic carbocycles. The average Bonchev–Trinajstić information content (AvgIpc) is 2.45. The normalized spacial score (nSPS) is 15.3. The zero-order chi connectivity index (χ0) is 9.47. The average molecular weight is 190 g/mol. The molecule has 0 amide bonds. The lowest BCUT2D eigenvalue weighted by Crippen LogP contribution is -2.09. The zero-order valence-corrected chi connectivity index (χ0v) is 6.34. The summed E-state index contributed by atoms with van der Waals surface area (Å²) in [6.45, 7) is 0.468. The fourth-order valence-electron chi connectivity index (χ4n) is 0.971. The van der Waals surface area contributed by atoms with Gasteiger partial charge in [-0.05, 0) is 6.08 Å². The van der Waals surface area contributed by atoms with E-state index in [4.69, 9.17) is 0 Å². The molecule has 1 aliphatic rings. The summed E-state index contributed by atoms with van der Waals surface area (Å²) in [5.74, 6) is -1.00. The standard InChI is InChI=1S/C6H5F3N4/c7-6(8,9)4-11-5-10-2-1-3-13(5)12-4/h1,3H,2H2,(H,10,11,12). The molecular weight excluding hydrogens is 185 g/mol. The maximum atomic E-state index is 12.1. The maximum Gasteiger partial charge on any atom is 0.453 e. The van der Waals surface area contributed by atoms with Gasteiger partial charge in [-0.15, -0.1) is 5.10 Å². The van der Waals surface area contributed by atoms with Crippen LogP contribution in [0.3, 0.4) is 0 Å². The number of fused-ring (bicyclic) bond motifs is 1. The van der Waals surface area contributed by atoms with Crippen molar-refractivity contribution >= 4 is 12.1 Å². The summed E-state index contributed by atoms with van der Waals surface area (Å²) in [6.07, 6.45) is -1.39. The molecule has 4 nitrogen and oxygen atoms in total. The largest absolute Gasteiger partial charge is 0.453 e. The second kappa shape index (κ2) is 2.48. The van der Waals surface area contributed by atoms with Gasteiger partial charge in [0.05, 0.1) is 0 Å². The third kappa shape index (κ3) is 1.36. The van der Waals surface area contributed by atoms with Crippen molar-refractivity contribution in [1.29, 1.82) is 0 Å². The molecule has 2 rings (SSSR count). The topological polar surface area (TPSA) is 42.7 Å². The third-order valence-corrected chi connectivity index (χ3v) is 1.51. The molecule has 0 aliphatic carbocycles. The van der Waals surface area contributed by atoms with Gasteiger partial charge in [0, 0.05) is 12.7 Å². The van der Waals surface area contributed by atoms with E-state index >= 15 is 0 Å². The van der Waals surface area contributed by atoms with E-state index in [9.17, 15) is 13.2 Å². The Labute approximate surface area is 71.1 Å². The van der Waals surface area contributed by atoms with Gasteiger partial charge in [0.1, 0.15) is 0 Å². The van der Waals surface area contributed by atoms with Gasteiger partial charge in [-0.3, -0.25) is 0 Å². The Balaban J connectivity index is 2.42. The highest BCUT2D eigenvalue weighted by Gasteiger charge is 2.37. The van der Waals surface area contributed by atoms with E-state index in [0.717, 1.165) is 4.68 Å². The van der Waals surface area contributed by atoms with Crippen molar-refractivity contribution in [2.24, 2.45) is 0 Å². The lowest BCUT2D eigenvalue weighted by molar-refractivity contribution is -0.144. The number of anilines is 1. The van der Waals surface area contributed by atoms with Crippen molar-refractivity contribution in [3.63, 3.8) is 0 Å². The molecule has 1 aliphatic heterocycles. The SMILES string of the molecule is FC(F)(F)c1nc2n(n1)C=CCN2. The summed E-state index contributed by atoms with van der Waals surface area (Å²) in [4.78, 5) is 3.29. The van der Waals surface area contributed by atoms with Crippen molar-refractivity contribution in [2.75, 3.05) is 11.9 Å². The highest BCUT2D eigenvalue weighted by molar-refractivity contribution is 5.42. The second-order valence-corrected chi connectivity index (χ2v) is 2.47. The Kier molecular flexibility index (Phi) is 1.54. The molecule has 0 atom stereocenters. The van der Waals surface area contributed by atoms with Crippen molar-refractivity contribution in [3.05, 3.63) is 11.9 Å². The molecule has 2 heterocycles. The lowest BCUT2D eigenvalue weighted by Gasteiger charge is -2.05. The van der Waals surface area contributed by atoms with Crippen molar-refractivity contribution in [2.45, 2.75) is 6.18 Å². The minimum absolute atomic E-state index is 0.120. The fourth-order valence-corrected chi connectivity index (χ4v) is 0.971. The quantitative estimate of drug-likeness (QED) is 0.668. The van der Waals surface area contributed by atoms with Gasteiger partial charge >= 0.3 is 6.18 Å². The Morgan fingerprint density at radius 2 is 2.23 bits per heavy atom. The van der Waals surface area contributed by atoms with Crippen LogP contribution >= 0.6 is 0 Å². The first kappa shape index (κ1) is 8.09. The van der Waals surface area contributed by atoms with Crippen LogP contribution in [0, 0.1) is 0 Å². The highest BCUT2D eigenvalue weighted by Crippen LogP contribution is 2.27. The van der Waals surface area contributed by atoms with Gasteiger partial charge in [0.2, 0.25) is 5.95 Å². The monoisotopic (exact) mass is 190 g/mol. The predicted molar refractivity (Wildman–Crippen MR) is 38.8 cm³/mol. The summed E-state index contributed by atoms with van der Waals surface area (Å²) >= 11 is 0. The number of hydrogen-bond acceptors (Lipinski definition) is 3. The lowest BCUT2D eigenvalue weighted by atomic mass is 10.5. The molecule has 1 aromatic heterocycles. The van der Waals surface area contributed by atoms with Crippen molar-refractivity contribution in [1.82, 2.24) is 14.8 Å². The molecule has 0 saturated carbocycles. The molecule has 7 heteroatoms. The number of alkyl halides is 3. The van der Waals surface area contributed by atoms with E-state index in [2.05, 4.69) is 15.4 Å². The first-order valence-electron chi connectivity index (χ1n) is 3.51. The van der Waals surface area contributed by atoms with Gasteiger partial charge in [0.15, 0.2) is 0 Å². The Bertz CT molecular complexity index is 351. The van der Waals surface area contributed by atoms with Crippen LogP contribution in [0.1, 0.15) is 5.82 Å². The summed E-state index contributed by atoms with van der Waals surface area (Å²) in [5, 5.41) is 5.91. The van der Waals surface area contributed by atoms with Crippen LogP contribution in [-0.2, 0) is 6.18 Å². The Morgan fingerprint density at radius 1 is 1.46 bits per heavy atom. The molecule has 0 unspecified atom stereocenters. The number of nitrogens with one attached hydrogen (secondary N) is 1. The van der Waals surface area contributed by atoms with Crippen LogP contribution in [0.25, 0.3) is 6.20 Å². The van der Waals surface area contributed by atoms with Gasteiger partial charge in [-0.2, -0.15) is 18.2 Å². The summed E-state index contributed by atoms with van der Waals surface area (Å²) in [7, 11) is 0. The Hall–Kier alpha value is -1.53. The summed E-state index contributed by atoms with van der Waals surface area (Å²) < 4.78 is 37.3. The van der Waals surface area contributed by atoms with Gasteiger partial charge in [-0.25, -0.2) is 4.68 Å². The van der Waals surface area contributed by atoms with Crippen LogP contribution in [0.4, 0.5) is 19.1 Å². The second-order valence-electron chi connectivity index (χ2n) is 2.47. The van der Waals surface area contributed by atoms with Gasteiger partial charge < -0.3 is 5.32 Å². The first-order chi connectivity index (χ1) is 6.07. The first-order valence-corrected chi connectivity index (χ1v) is 3.51. The van der Waals surface area contributed by atoms with Crippen molar-refractivity contribution < 1.29 is 13.2 Å². The zero-order valence-electron chi connectivity index (χ0n) is 6.34. The molecule has 0 saturated heterocycles. The Morgan fingerprint density at radius 3 is 2.85 bits per heavy atom. The number of nitrogens with zero attached hydrogens (tertiary/aromatic N) is 3. The summed E-state index contributed by atoms with van der Waals surface area (Å²) in [6, 6.07) is 0. The van der Waals surface area contributed by atoms with E-state index < -0.39 is 12.0 Å². The minimum atomic E-state index is -4.49. The van der Waals surface area contributed by atoms with Crippen LogP contribution in [0.2, 0.25) is 0 Å². The van der Waals surface area contributed by atoms with Crippen LogP contribution in [0.5, 0.6) is 0 Å². The highest BCUT2D eigenvalue weighted by atomic mass is 19.4. The molecule has 13 heavy (non-hydrogen) atoms. The fraction of sp³-hybridized carbons (Fsp3) is 0.333. The summed E-state index contributed by atoms with van der Waals surface area (Å²) in [5.41, 5.74) is 0. The number of hydrogen-bond donors (Lipinski definition) is 1. The van der Waals surface area contributed by atoms with Crippen LogP contribution in [0.15, 0.2) is 6.08 Å². The minimum Gasteiger partial charge on any atom is -0.351 e. The molecule has 70 valence electrons. The molecular formula is C6H5F3N4. The predicted octanol–water partition coefficient (Wildman–Crippen LogP) is 1.19. The molecule has 0 spiro atoms. The van der Waals surface area contributed by atoms with E-state index in [1.165, 1.54) is 6.20 Å². The smallest absolute Gasteiger partial charge is 0.351 e. The van der Waals surface area contributed by atoms with Crippen molar-refractivity contribution in [3.8, 4) is 0 Å². The molecule has 0 fully saturated rings. The maximum absolute atomic E-state index is 12.1. The van der Waals surface area contributed by atoms with Crippen LogP contribution < -0.4 is 5.32 Å². The number of rotatable bonds is 0.